The molecule has 3 aromatic rings. The fraction of sp³-hybridized carbons (Fsp3) is 0.182. The third kappa shape index (κ3) is 4.59. The molecule has 1 heterocycles. The van der Waals surface area contributed by atoms with Gasteiger partial charge in [0.1, 0.15) is 5.82 Å². The Morgan fingerprint density at radius 1 is 0.929 bits per heavy atom. The predicted molar refractivity (Wildman–Crippen MR) is 111 cm³/mol. The molecule has 0 saturated heterocycles. The van der Waals surface area contributed by atoms with Gasteiger partial charge in [-0.1, -0.05) is 19.1 Å². The Bertz CT molecular complexity index is 955. The fourth-order valence-corrected chi connectivity index (χ4v) is 2.73. The van der Waals surface area contributed by atoms with Gasteiger partial charge in [-0.05, 0) is 48.4 Å². The normalized spacial score (nSPS) is 10.2. The molecule has 0 bridgehead atoms. The third-order valence-electron chi connectivity index (χ3n) is 4.30. The van der Waals surface area contributed by atoms with E-state index in [1.165, 1.54) is 5.56 Å². The number of aromatic nitrogens is 1. The quantitative estimate of drug-likeness (QED) is 0.627. The van der Waals surface area contributed by atoms with Crippen molar-refractivity contribution in [3.8, 4) is 11.5 Å². The van der Waals surface area contributed by atoms with E-state index in [1.807, 2.05) is 36.4 Å². The number of methoxy groups -OCH3 is 2. The van der Waals surface area contributed by atoms with Crippen LogP contribution in [0.1, 0.15) is 22.8 Å². The van der Waals surface area contributed by atoms with E-state index in [-0.39, 0.29) is 5.91 Å². The fourth-order valence-electron chi connectivity index (χ4n) is 2.73. The minimum absolute atomic E-state index is 0.193. The van der Waals surface area contributed by atoms with Crippen LogP contribution in [0, 0.1) is 0 Å². The summed E-state index contributed by atoms with van der Waals surface area (Å²) in [5.41, 5.74) is 3.27. The van der Waals surface area contributed by atoms with Gasteiger partial charge in [-0.2, -0.15) is 0 Å². The number of carbonyl (C=O) groups is 1. The number of ether oxygens (including phenoxy) is 2. The summed E-state index contributed by atoms with van der Waals surface area (Å²) in [6.45, 7) is 2.09. The van der Waals surface area contributed by atoms with Gasteiger partial charge in [-0.3, -0.25) is 4.79 Å². The number of anilines is 3. The summed E-state index contributed by atoms with van der Waals surface area (Å²) < 4.78 is 10.6. The van der Waals surface area contributed by atoms with Gasteiger partial charge < -0.3 is 20.1 Å². The number of amides is 1. The van der Waals surface area contributed by atoms with Crippen molar-refractivity contribution < 1.29 is 14.3 Å². The number of nitrogens with one attached hydrogen (secondary N) is 2. The van der Waals surface area contributed by atoms with Crippen molar-refractivity contribution in [2.45, 2.75) is 13.3 Å². The molecule has 0 spiro atoms. The minimum Gasteiger partial charge on any atom is -0.493 e. The average molecular weight is 377 g/mol. The van der Waals surface area contributed by atoms with Crippen molar-refractivity contribution in [2.24, 2.45) is 0 Å². The lowest BCUT2D eigenvalue weighted by Crippen LogP contribution is -2.12. The molecule has 0 aliphatic carbocycles. The largest absolute Gasteiger partial charge is 0.493 e. The van der Waals surface area contributed by atoms with E-state index >= 15 is 0 Å². The zero-order valence-corrected chi connectivity index (χ0v) is 16.2. The number of hydrogen-bond donors (Lipinski definition) is 2. The Balaban J connectivity index is 1.73. The Hall–Kier alpha value is -3.54. The van der Waals surface area contributed by atoms with Crippen molar-refractivity contribution in [2.75, 3.05) is 24.9 Å². The van der Waals surface area contributed by atoms with Crippen molar-refractivity contribution in [1.29, 1.82) is 0 Å². The van der Waals surface area contributed by atoms with Crippen molar-refractivity contribution in [1.82, 2.24) is 4.98 Å². The summed E-state index contributed by atoms with van der Waals surface area (Å²) in [6, 6.07) is 16.7. The summed E-state index contributed by atoms with van der Waals surface area (Å²) in [4.78, 5) is 16.8. The Morgan fingerprint density at radius 3 is 2.32 bits per heavy atom. The van der Waals surface area contributed by atoms with Gasteiger partial charge in [-0.15, -0.1) is 0 Å². The van der Waals surface area contributed by atoms with E-state index in [0.29, 0.717) is 22.9 Å². The predicted octanol–water partition coefficient (Wildman–Crippen LogP) is 4.66. The topological polar surface area (TPSA) is 72.5 Å². The van der Waals surface area contributed by atoms with Gasteiger partial charge in [-0.25, -0.2) is 4.98 Å². The van der Waals surface area contributed by atoms with Crippen LogP contribution in [-0.2, 0) is 6.42 Å². The maximum Gasteiger partial charge on any atom is 0.255 e. The number of aryl methyl sites for hydroxylation is 1. The van der Waals surface area contributed by atoms with Gasteiger partial charge in [0.05, 0.1) is 14.2 Å². The van der Waals surface area contributed by atoms with E-state index < -0.39 is 0 Å². The molecule has 1 amide bonds. The van der Waals surface area contributed by atoms with Crippen LogP contribution in [0.15, 0.2) is 60.8 Å². The van der Waals surface area contributed by atoms with E-state index in [4.69, 9.17) is 9.47 Å². The zero-order chi connectivity index (χ0) is 19.9. The highest BCUT2D eigenvalue weighted by Gasteiger charge is 2.09. The van der Waals surface area contributed by atoms with Crippen LogP contribution >= 0.6 is 0 Å². The van der Waals surface area contributed by atoms with E-state index in [1.54, 1.807) is 38.6 Å². The molecule has 0 aliphatic rings. The highest BCUT2D eigenvalue weighted by atomic mass is 16.5. The molecule has 2 aromatic carbocycles. The molecule has 0 aliphatic heterocycles. The van der Waals surface area contributed by atoms with Crippen LogP contribution < -0.4 is 20.1 Å². The lowest BCUT2D eigenvalue weighted by atomic mass is 10.1. The van der Waals surface area contributed by atoms with Gasteiger partial charge in [0.2, 0.25) is 0 Å². The van der Waals surface area contributed by atoms with E-state index in [9.17, 15) is 4.79 Å². The van der Waals surface area contributed by atoms with Crippen LogP contribution in [0.4, 0.5) is 17.2 Å². The number of rotatable bonds is 7. The maximum atomic E-state index is 12.6. The van der Waals surface area contributed by atoms with Crippen LogP contribution in [0.3, 0.4) is 0 Å². The van der Waals surface area contributed by atoms with Gasteiger partial charge in [0, 0.05) is 29.2 Å². The first-order valence-corrected chi connectivity index (χ1v) is 8.98. The molecule has 1 aromatic heterocycles. The standard InChI is InChI=1S/C22H23N3O3/c1-4-15-5-7-17(8-6-15)25-22(26)16-11-12-23-21(13-16)24-18-9-10-19(27-2)20(14-18)28-3/h5-14H,4H2,1-3H3,(H,23,24)(H,25,26). The lowest BCUT2D eigenvalue weighted by Gasteiger charge is -2.11. The van der Waals surface area contributed by atoms with Crippen molar-refractivity contribution in [3.63, 3.8) is 0 Å². The Kier molecular flexibility index (Phi) is 6.11. The summed E-state index contributed by atoms with van der Waals surface area (Å²) in [5, 5.41) is 6.08. The first-order chi connectivity index (χ1) is 13.6. The molecule has 0 atom stereocenters. The molecule has 3 rings (SSSR count). The molecule has 0 radical (unpaired) electrons. The Morgan fingerprint density at radius 2 is 1.64 bits per heavy atom. The summed E-state index contributed by atoms with van der Waals surface area (Å²) in [6.07, 6.45) is 2.56. The SMILES string of the molecule is CCc1ccc(NC(=O)c2ccnc(Nc3ccc(OC)c(OC)c3)c2)cc1. The molecule has 2 N–H and O–H groups in total. The third-order valence-corrected chi connectivity index (χ3v) is 4.30. The molecule has 0 unspecified atom stereocenters. The smallest absolute Gasteiger partial charge is 0.255 e. The molecule has 0 fully saturated rings. The molecule has 6 heteroatoms. The monoisotopic (exact) mass is 377 g/mol. The first-order valence-electron chi connectivity index (χ1n) is 8.98. The van der Waals surface area contributed by atoms with Crippen LogP contribution in [0.5, 0.6) is 11.5 Å². The Labute approximate surface area is 164 Å². The average Bonchev–Trinajstić information content (AvgIpc) is 2.74. The van der Waals surface area contributed by atoms with Crippen LogP contribution in [-0.4, -0.2) is 25.1 Å². The molecule has 0 saturated carbocycles. The maximum absolute atomic E-state index is 12.6. The highest BCUT2D eigenvalue weighted by Crippen LogP contribution is 2.30. The summed E-state index contributed by atoms with van der Waals surface area (Å²) >= 11 is 0. The number of carbonyl (C=O) groups excluding carboxylic acids is 1. The van der Waals surface area contributed by atoms with Crippen molar-refractivity contribution in [3.05, 3.63) is 71.9 Å². The number of hydrogen-bond acceptors (Lipinski definition) is 5. The van der Waals surface area contributed by atoms with Crippen molar-refractivity contribution >= 4 is 23.1 Å². The second-order valence-electron chi connectivity index (χ2n) is 6.13. The first kappa shape index (κ1) is 19.2. The van der Waals surface area contributed by atoms with E-state index in [2.05, 4.69) is 22.5 Å². The van der Waals surface area contributed by atoms with E-state index in [0.717, 1.165) is 17.8 Å². The zero-order valence-electron chi connectivity index (χ0n) is 16.2. The molecule has 6 nitrogen and oxygen atoms in total. The lowest BCUT2D eigenvalue weighted by molar-refractivity contribution is 0.102. The van der Waals surface area contributed by atoms with Gasteiger partial charge >= 0.3 is 0 Å². The van der Waals surface area contributed by atoms with Crippen LogP contribution in [0.2, 0.25) is 0 Å². The molecule has 144 valence electrons. The minimum atomic E-state index is -0.193. The molecular formula is C22H23N3O3. The highest BCUT2D eigenvalue weighted by molar-refractivity contribution is 6.04. The van der Waals surface area contributed by atoms with Gasteiger partial charge in [0.15, 0.2) is 11.5 Å². The summed E-state index contributed by atoms with van der Waals surface area (Å²) in [5.74, 6) is 1.61. The number of nitrogens with zero attached hydrogens (tertiary/aromatic N) is 1. The summed E-state index contributed by atoms with van der Waals surface area (Å²) in [7, 11) is 3.17. The second-order valence-corrected chi connectivity index (χ2v) is 6.13. The van der Waals surface area contributed by atoms with Gasteiger partial charge in [0.25, 0.3) is 5.91 Å². The number of benzene rings is 2. The second kappa shape index (κ2) is 8.90. The van der Waals surface area contributed by atoms with Crippen LogP contribution in [0.25, 0.3) is 0 Å². The molecular weight excluding hydrogens is 354 g/mol. The molecule has 28 heavy (non-hydrogen) atoms. The number of pyridine rings is 1.